The van der Waals surface area contributed by atoms with E-state index in [2.05, 4.69) is 0 Å². The zero-order valence-electron chi connectivity index (χ0n) is 18.1. The van der Waals surface area contributed by atoms with Gasteiger partial charge in [-0.1, -0.05) is 48.5 Å². The second-order valence-corrected chi connectivity index (χ2v) is 9.68. The molecule has 0 bridgehead atoms. The Bertz CT molecular complexity index is 1200. The number of carbonyl (C=O) groups is 1. The summed E-state index contributed by atoms with van der Waals surface area (Å²) in [6, 6.07) is 22.1. The van der Waals surface area contributed by atoms with E-state index in [1.54, 1.807) is 4.90 Å². The second-order valence-electron chi connectivity index (χ2n) is 7.74. The van der Waals surface area contributed by atoms with Gasteiger partial charge in [-0.15, -0.1) is 0 Å². The Balaban J connectivity index is 1.39. The summed E-state index contributed by atoms with van der Waals surface area (Å²) in [7, 11) is -3.75. The average Bonchev–Trinajstić information content (AvgIpc) is 3.11. The molecule has 1 amide bonds. The number of sulfonamides is 1. The van der Waals surface area contributed by atoms with Gasteiger partial charge in [0.1, 0.15) is 11.6 Å². The SMILES string of the molecule is O=C(COc1ccccc1-c1ccccc1)N1CCCN(S(=O)(=O)c2ccc(F)cc2)CC1. The van der Waals surface area contributed by atoms with E-state index in [1.165, 1.54) is 16.4 Å². The fourth-order valence-corrected chi connectivity index (χ4v) is 5.29. The highest BCUT2D eigenvalue weighted by atomic mass is 32.2. The zero-order valence-corrected chi connectivity index (χ0v) is 18.9. The molecular weight excluding hydrogens is 443 g/mol. The minimum atomic E-state index is -3.75. The third-order valence-electron chi connectivity index (χ3n) is 5.58. The van der Waals surface area contributed by atoms with Crippen molar-refractivity contribution in [2.45, 2.75) is 11.3 Å². The number of rotatable bonds is 6. The number of carbonyl (C=O) groups excluding carboxylic acids is 1. The van der Waals surface area contributed by atoms with Crippen LogP contribution in [0.2, 0.25) is 0 Å². The lowest BCUT2D eigenvalue weighted by Gasteiger charge is -2.22. The van der Waals surface area contributed by atoms with Crippen molar-refractivity contribution in [3.8, 4) is 16.9 Å². The van der Waals surface area contributed by atoms with E-state index in [9.17, 15) is 17.6 Å². The quantitative estimate of drug-likeness (QED) is 0.552. The van der Waals surface area contributed by atoms with Gasteiger partial charge in [-0.25, -0.2) is 12.8 Å². The topological polar surface area (TPSA) is 66.9 Å². The fraction of sp³-hybridized carbons (Fsp3) is 0.240. The summed E-state index contributed by atoms with van der Waals surface area (Å²) in [4.78, 5) is 14.5. The van der Waals surface area contributed by atoms with Gasteiger partial charge in [-0.05, 0) is 42.3 Å². The molecule has 3 aromatic rings. The third-order valence-corrected chi connectivity index (χ3v) is 7.49. The monoisotopic (exact) mass is 468 g/mol. The van der Waals surface area contributed by atoms with E-state index < -0.39 is 15.8 Å². The Labute approximate surface area is 193 Å². The predicted octanol–water partition coefficient (Wildman–Crippen LogP) is 3.79. The summed E-state index contributed by atoms with van der Waals surface area (Å²) in [6.07, 6.45) is 0.507. The van der Waals surface area contributed by atoms with Crippen molar-refractivity contribution in [2.24, 2.45) is 0 Å². The molecule has 0 aliphatic carbocycles. The van der Waals surface area contributed by atoms with Gasteiger partial charge < -0.3 is 9.64 Å². The lowest BCUT2D eigenvalue weighted by molar-refractivity contribution is -0.133. The lowest BCUT2D eigenvalue weighted by Crippen LogP contribution is -2.39. The van der Waals surface area contributed by atoms with E-state index in [4.69, 9.17) is 4.74 Å². The molecule has 1 aliphatic rings. The molecule has 0 saturated carbocycles. The normalized spacial score (nSPS) is 15.1. The number of amides is 1. The van der Waals surface area contributed by atoms with Crippen LogP contribution in [0.3, 0.4) is 0 Å². The number of para-hydroxylation sites is 1. The molecule has 3 aromatic carbocycles. The number of halogens is 1. The van der Waals surface area contributed by atoms with Crippen molar-refractivity contribution in [1.29, 1.82) is 0 Å². The van der Waals surface area contributed by atoms with Crippen LogP contribution in [0.15, 0.2) is 83.8 Å². The highest BCUT2D eigenvalue weighted by Gasteiger charge is 2.28. The van der Waals surface area contributed by atoms with Gasteiger partial charge in [0.15, 0.2) is 6.61 Å². The van der Waals surface area contributed by atoms with Crippen LogP contribution in [-0.2, 0) is 14.8 Å². The largest absolute Gasteiger partial charge is 0.483 e. The van der Waals surface area contributed by atoms with E-state index >= 15 is 0 Å². The maximum Gasteiger partial charge on any atom is 0.260 e. The maximum absolute atomic E-state index is 13.2. The smallest absolute Gasteiger partial charge is 0.260 e. The molecule has 0 radical (unpaired) electrons. The third kappa shape index (κ3) is 5.40. The molecule has 0 aromatic heterocycles. The Hall–Kier alpha value is -3.23. The summed E-state index contributed by atoms with van der Waals surface area (Å²) in [6.45, 7) is 1.04. The molecule has 6 nitrogen and oxygen atoms in total. The van der Waals surface area contributed by atoms with Crippen molar-refractivity contribution < 1.29 is 22.3 Å². The number of hydrogen-bond acceptors (Lipinski definition) is 4. The Morgan fingerprint density at radius 2 is 1.55 bits per heavy atom. The van der Waals surface area contributed by atoms with Gasteiger partial charge in [0.05, 0.1) is 4.90 Å². The van der Waals surface area contributed by atoms with Crippen molar-refractivity contribution in [3.63, 3.8) is 0 Å². The highest BCUT2D eigenvalue weighted by Crippen LogP contribution is 2.29. The van der Waals surface area contributed by atoms with Crippen LogP contribution in [0.1, 0.15) is 6.42 Å². The molecule has 1 saturated heterocycles. The molecule has 33 heavy (non-hydrogen) atoms. The first-order valence-corrected chi connectivity index (χ1v) is 12.2. The highest BCUT2D eigenvalue weighted by molar-refractivity contribution is 7.89. The van der Waals surface area contributed by atoms with Crippen LogP contribution in [-0.4, -0.2) is 56.3 Å². The Kier molecular flexibility index (Phi) is 7.05. The van der Waals surface area contributed by atoms with E-state index in [0.29, 0.717) is 25.3 Å². The molecule has 0 atom stereocenters. The zero-order chi connectivity index (χ0) is 23.3. The molecule has 4 rings (SSSR count). The number of hydrogen-bond donors (Lipinski definition) is 0. The van der Waals surface area contributed by atoms with Crippen LogP contribution in [0.5, 0.6) is 5.75 Å². The van der Waals surface area contributed by atoms with Crippen LogP contribution in [0, 0.1) is 5.82 Å². The van der Waals surface area contributed by atoms with Crippen LogP contribution >= 0.6 is 0 Å². The van der Waals surface area contributed by atoms with E-state index in [-0.39, 0.29) is 30.5 Å². The number of benzene rings is 3. The fourth-order valence-electron chi connectivity index (χ4n) is 3.82. The minimum Gasteiger partial charge on any atom is -0.483 e. The summed E-state index contributed by atoms with van der Waals surface area (Å²) >= 11 is 0. The van der Waals surface area contributed by atoms with Gasteiger partial charge in [0, 0.05) is 31.7 Å². The Morgan fingerprint density at radius 3 is 2.30 bits per heavy atom. The van der Waals surface area contributed by atoms with E-state index in [0.717, 1.165) is 23.3 Å². The first-order chi connectivity index (χ1) is 15.9. The standard InChI is InChI=1S/C25H25FN2O4S/c26-21-11-13-22(14-12-21)33(30,31)28-16-6-15-27(17-18-28)25(29)19-32-24-10-5-4-9-23(24)20-7-2-1-3-8-20/h1-5,7-14H,6,15-19H2. The van der Waals surface area contributed by atoms with Gasteiger partial charge in [-0.3, -0.25) is 4.79 Å². The maximum atomic E-state index is 13.2. The summed E-state index contributed by atoms with van der Waals surface area (Å²) in [5.74, 6) is -0.0679. The average molecular weight is 469 g/mol. The first-order valence-electron chi connectivity index (χ1n) is 10.8. The predicted molar refractivity (Wildman–Crippen MR) is 124 cm³/mol. The second kappa shape index (κ2) is 10.1. The van der Waals surface area contributed by atoms with Crippen molar-refractivity contribution in [3.05, 3.63) is 84.7 Å². The van der Waals surface area contributed by atoms with Crippen molar-refractivity contribution >= 4 is 15.9 Å². The van der Waals surface area contributed by atoms with Crippen molar-refractivity contribution in [1.82, 2.24) is 9.21 Å². The minimum absolute atomic E-state index is 0.0459. The summed E-state index contributed by atoms with van der Waals surface area (Å²) in [5.41, 5.74) is 1.90. The van der Waals surface area contributed by atoms with Gasteiger partial charge in [-0.2, -0.15) is 4.31 Å². The summed E-state index contributed by atoms with van der Waals surface area (Å²) < 4.78 is 46.2. The molecule has 8 heteroatoms. The molecule has 0 unspecified atom stereocenters. The van der Waals surface area contributed by atoms with Crippen molar-refractivity contribution in [2.75, 3.05) is 32.8 Å². The van der Waals surface area contributed by atoms with Gasteiger partial charge in [0.25, 0.3) is 5.91 Å². The van der Waals surface area contributed by atoms with Crippen LogP contribution in [0.4, 0.5) is 4.39 Å². The Morgan fingerprint density at radius 1 is 0.848 bits per heavy atom. The van der Waals surface area contributed by atoms with Crippen LogP contribution in [0.25, 0.3) is 11.1 Å². The lowest BCUT2D eigenvalue weighted by atomic mass is 10.1. The molecule has 0 spiro atoms. The van der Waals surface area contributed by atoms with Gasteiger partial charge >= 0.3 is 0 Å². The number of nitrogens with zero attached hydrogens (tertiary/aromatic N) is 2. The van der Waals surface area contributed by atoms with Crippen LogP contribution < -0.4 is 4.74 Å². The first kappa shape index (κ1) is 22.9. The molecule has 1 fully saturated rings. The molecule has 172 valence electrons. The molecule has 1 aliphatic heterocycles. The number of ether oxygens (including phenoxy) is 1. The molecular formula is C25H25FN2O4S. The molecule has 1 heterocycles. The molecule has 0 N–H and O–H groups in total. The van der Waals surface area contributed by atoms with E-state index in [1.807, 2.05) is 54.6 Å². The van der Waals surface area contributed by atoms with Gasteiger partial charge in [0.2, 0.25) is 10.0 Å². The summed E-state index contributed by atoms with van der Waals surface area (Å²) in [5, 5.41) is 0.